The lowest BCUT2D eigenvalue weighted by molar-refractivity contribution is -0.144. The zero-order chi connectivity index (χ0) is 12.1. The van der Waals surface area contributed by atoms with Crippen LogP contribution in [0.25, 0.3) is 0 Å². The summed E-state index contributed by atoms with van der Waals surface area (Å²) in [5.41, 5.74) is 0.873. The Morgan fingerprint density at radius 1 is 1.50 bits per heavy atom. The Kier molecular flexibility index (Phi) is 4.22. The van der Waals surface area contributed by atoms with E-state index in [1.54, 1.807) is 0 Å². The van der Waals surface area contributed by atoms with Crippen molar-refractivity contribution in [1.82, 2.24) is 10.2 Å². The van der Waals surface area contributed by atoms with Crippen LogP contribution in [0.15, 0.2) is 12.1 Å². The van der Waals surface area contributed by atoms with Crippen LogP contribution in [0.5, 0.6) is 0 Å². The highest BCUT2D eigenvalue weighted by molar-refractivity contribution is 5.72. The largest absolute Gasteiger partial charge is 0.469 e. The van der Waals surface area contributed by atoms with Crippen molar-refractivity contribution in [3.8, 4) is 0 Å². The first-order chi connectivity index (χ1) is 7.54. The van der Waals surface area contributed by atoms with Crippen molar-refractivity contribution in [2.24, 2.45) is 5.92 Å². The van der Waals surface area contributed by atoms with Crippen molar-refractivity contribution in [3.63, 3.8) is 0 Å². The molecule has 5 nitrogen and oxygen atoms in total. The molecule has 0 N–H and O–H groups in total. The molecule has 0 aliphatic heterocycles. The van der Waals surface area contributed by atoms with Crippen molar-refractivity contribution in [1.29, 1.82) is 0 Å². The first-order valence-corrected chi connectivity index (χ1v) is 5.14. The Labute approximate surface area is 95.4 Å². The van der Waals surface area contributed by atoms with Gasteiger partial charge in [0.05, 0.1) is 18.7 Å². The maximum absolute atomic E-state index is 11.2. The summed E-state index contributed by atoms with van der Waals surface area (Å²) in [5, 5.41) is 8.00. The van der Waals surface area contributed by atoms with Crippen molar-refractivity contribution in [2.75, 3.05) is 25.6 Å². The van der Waals surface area contributed by atoms with Crippen LogP contribution in [0.3, 0.4) is 0 Å². The maximum atomic E-state index is 11.2. The molecule has 1 aromatic rings. The van der Waals surface area contributed by atoms with Gasteiger partial charge in [-0.05, 0) is 19.1 Å². The smallest absolute Gasteiger partial charge is 0.310 e. The van der Waals surface area contributed by atoms with E-state index >= 15 is 0 Å². The number of nitrogens with zero attached hydrogens (tertiary/aromatic N) is 3. The van der Waals surface area contributed by atoms with E-state index in [0.717, 1.165) is 11.5 Å². The lowest BCUT2D eigenvalue weighted by Crippen LogP contribution is -2.29. The van der Waals surface area contributed by atoms with Crippen LogP contribution in [-0.4, -0.2) is 36.9 Å². The van der Waals surface area contributed by atoms with Crippen LogP contribution in [0.4, 0.5) is 5.82 Å². The predicted octanol–water partition coefficient (Wildman–Crippen LogP) is 1.03. The monoisotopic (exact) mass is 223 g/mol. The summed E-state index contributed by atoms with van der Waals surface area (Å²) < 4.78 is 4.67. The zero-order valence-electron chi connectivity index (χ0n) is 10.1. The summed E-state index contributed by atoms with van der Waals surface area (Å²) in [6.07, 6.45) is 0. The number of methoxy groups -OCH3 is 1. The summed E-state index contributed by atoms with van der Waals surface area (Å²) >= 11 is 0. The number of rotatable bonds is 4. The Bertz CT molecular complexity index is 351. The molecule has 0 bridgehead atoms. The molecule has 0 fully saturated rings. The number of anilines is 1. The first-order valence-electron chi connectivity index (χ1n) is 5.14. The quantitative estimate of drug-likeness (QED) is 0.714. The van der Waals surface area contributed by atoms with Gasteiger partial charge in [0.2, 0.25) is 0 Å². The molecule has 1 rings (SSSR count). The number of ether oxygens (including phenoxy) is 1. The molecule has 0 saturated heterocycles. The highest BCUT2D eigenvalue weighted by atomic mass is 16.5. The van der Waals surface area contributed by atoms with Crippen LogP contribution in [0, 0.1) is 12.8 Å². The minimum atomic E-state index is -0.216. The Hall–Kier alpha value is -1.65. The van der Waals surface area contributed by atoms with Gasteiger partial charge < -0.3 is 9.64 Å². The molecule has 1 heterocycles. The van der Waals surface area contributed by atoms with Crippen molar-refractivity contribution >= 4 is 11.8 Å². The average molecular weight is 223 g/mol. The highest BCUT2D eigenvalue weighted by Crippen LogP contribution is 2.10. The van der Waals surface area contributed by atoms with Crippen LogP contribution in [0.2, 0.25) is 0 Å². The summed E-state index contributed by atoms with van der Waals surface area (Å²) in [6, 6.07) is 3.77. The fraction of sp³-hybridized carbons (Fsp3) is 0.545. The second-order valence-corrected chi connectivity index (χ2v) is 3.84. The Morgan fingerprint density at radius 2 is 2.19 bits per heavy atom. The Balaban J connectivity index is 2.61. The number of carbonyl (C=O) groups is 1. The lowest BCUT2D eigenvalue weighted by atomic mass is 10.2. The van der Waals surface area contributed by atoms with Crippen LogP contribution in [0.1, 0.15) is 12.6 Å². The van der Waals surface area contributed by atoms with E-state index in [9.17, 15) is 4.79 Å². The third-order valence-corrected chi connectivity index (χ3v) is 2.33. The average Bonchev–Trinajstić information content (AvgIpc) is 2.28. The summed E-state index contributed by atoms with van der Waals surface area (Å²) in [6.45, 7) is 4.27. The molecule has 0 spiro atoms. The van der Waals surface area contributed by atoms with Gasteiger partial charge >= 0.3 is 5.97 Å². The molecule has 0 aliphatic carbocycles. The molecular formula is C11H17N3O2. The van der Waals surface area contributed by atoms with E-state index in [4.69, 9.17) is 0 Å². The van der Waals surface area contributed by atoms with Gasteiger partial charge in [0.1, 0.15) is 0 Å². The second kappa shape index (κ2) is 5.44. The van der Waals surface area contributed by atoms with Gasteiger partial charge in [0.15, 0.2) is 5.82 Å². The van der Waals surface area contributed by atoms with Gasteiger partial charge in [0.25, 0.3) is 0 Å². The van der Waals surface area contributed by atoms with Gasteiger partial charge in [0, 0.05) is 13.6 Å². The molecule has 88 valence electrons. The number of hydrogen-bond acceptors (Lipinski definition) is 5. The molecule has 0 saturated carbocycles. The van der Waals surface area contributed by atoms with E-state index in [1.807, 2.05) is 37.9 Å². The molecular weight excluding hydrogens is 206 g/mol. The highest BCUT2D eigenvalue weighted by Gasteiger charge is 2.16. The van der Waals surface area contributed by atoms with Crippen molar-refractivity contribution < 1.29 is 9.53 Å². The molecule has 1 unspecified atom stereocenters. The van der Waals surface area contributed by atoms with E-state index in [1.165, 1.54) is 7.11 Å². The normalized spacial score (nSPS) is 12.0. The van der Waals surface area contributed by atoms with Gasteiger partial charge in [-0.2, -0.15) is 5.10 Å². The second-order valence-electron chi connectivity index (χ2n) is 3.84. The number of esters is 1. The number of aryl methyl sites for hydroxylation is 1. The fourth-order valence-corrected chi connectivity index (χ4v) is 1.38. The molecule has 0 aromatic carbocycles. The summed E-state index contributed by atoms with van der Waals surface area (Å²) in [7, 11) is 3.27. The summed E-state index contributed by atoms with van der Waals surface area (Å²) in [5.74, 6) is 0.353. The fourth-order valence-electron chi connectivity index (χ4n) is 1.38. The van der Waals surface area contributed by atoms with Gasteiger partial charge in [-0.1, -0.05) is 6.92 Å². The van der Waals surface area contributed by atoms with Gasteiger partial charge in [-0.15, -0.1) is 5.10 Å². The van der Waals surface area contributed by atoms with E-state index in [0.29, 0.717) is 6.54 Å². The van der Waals surface area contributed by atoms with Gasteiger partial charge in [-0.3, -0.25) is 4.79 Å². The van der Waals surface area contributed by atoms with E-state index in [-0.39, 0.29) is 11.9 Å². The third kappa shape index (κ3) is 3.18. The molecule has 1 atom stereocenters. The molecule has 5 heteroatoms. The Morgan fingerprint density at radius 3 is 2.69 bits per heavy atom. The molecule has 0 aliphatic rings. The minimum Gasteiger partial charge on any atom is -0.469 e. The molecule has 1 aromatic heterocycles. The van der Waals surface area contributed by atoms with Gasteiger partial charge in [-0.25, -0.2) is 0 Å². The third-order valence-electron chi connectivity index (χ3n) is 2.33. The molecule has 16 heavy (non-hydrogen) atoms. The molecule has 0 radical (unpaired) electrons. The van der Waals surface area contributed by atoms with E-state index in [2.05, 4.69) is 14.9 Å². The standard InChI is InChI=1S/C11H17N3O2/c1-8(11(15)16-4)7-14(3)10-6-5-9(2)12-13-10/h5-6,8H,7H2,1-4H3. The SMILES string of the molecule is COC(=O)C(C)CN(C)c1ccc(C)nn1. The number of hydrogen-bond donors (Lipinski definition) is 0. The zero-order valence-corrected chi connectivity index (χ0v) is 10.1. The van der Waals surface area contributed by atoms with Crippen molar-refractivity contribution in [2.45, 2.75) is 13.8 Å². The summed E-state index contributed by atoms with van der Waals surface area (Å²) in [4.78, 5) is 13.1. The van der Waals surface area contributed by atoms with Crippen LogP contribution >= 0.6 is 0 Å². The number of carbonyl (C=O) groups excluding carboxylic acids is 1. The van der Waals surface area contributed by atoms with Crippen LogP contribution in [-0.2, 0) is 9.53 Å². The topological polar surface area (TPSA) is 55.3 Å². The molecule has 0 amide bonds. The predicted molar refractivity (Wildman–Crippen MR) is 61.2 cm³/mol. The van der Waals surface area contributed by atoms with Crippen molar-refractivity contribution in [3.05, 3.63) is 17.8 Å². The minimum absolute atomic E-state index is 0.182. The number of aromatic nitrogens is 2. The first kappa shape index (κ1) is 12.4. The lowest BCUT2D eigenvalue weighted by Gasteiger charge is -2.20. The maximum Gasteiger partial charge on any atom is 0.310 e. The van der Waals surface area contributed by atoms with E-state index < -0.39 is 0 Å². The van der Waals surface area contributed by atoms with Crippen LogP contribution < -0.4 is 4.90 Å².